The zero-order valence-electron chi connectivity index (χ0n) is 12.6. The van der Waals surface area contributed by atoms with Crippen LogP contribution in [-0.2, 0) is 0 Å². The smallest absolute Gasteiger partial charge is 0.262 e. The highest BCUT2D eigenvalue weighted by atomic mass is 35.5. The summed E-state index contributed by atoms with van der Waals surface area (Å²) in [6.45, 7) is 3.72. The second kappa shape index (κ2) is 5.85. The van der Waals surface area contributed by atoms with Crippen LogP contribution in [0.5, 0.6) is 0 Å². The molecule has 3 aromatic rings. The number of hydrogen-bond acceptors (Lipinski definition) is 3. The number of carbonyl (C=O) groups excluding carboxylic acids is 1. The molecule has 0 spiro atoms. The molecule has 3 rings (SSSR count). The Labute approximate surface area is 137 Å². The molecule has 23 heavy (non-hydrogen) atoms. The highest BCUT2D eigenvalue weighted by Crippen LogP contribution is 2.22. The molecular weight excluding hydrogens is 314 g/mol. The minimum absolute atomic E-state index is 0.0293. The summed E-state index contributed by atoms with van der Waals surface area (Å²) in [6, 6.07) is 6.78. The predicted octanol–water partition coefficient (Wildman–Crippen LogP) is 3.45. The lowest BCUT2D eigenvalue weighted by Gasteiger charge is -2.07. The molecule has 5 nitrogen and oxygen atoms in total. The van der Waals surface area contributed by atoms with Gasteiger partial charge in [0.1, 0.15) is 11.4 Å². The number of anilines is 1. The van der Waals surface area contributed by atoms with Crippen molar-refractivity contribution in [3.8, 4) is 0 Å². The molecule has 0 fully saturated rings. The molecule has 2 aromatic heterocycles. The Morgan fingerprint density at radius 2 is 2.00 bits per heavy atom. The van der Waals surface area contributed by atoms with Crippen molar-refractivity contribution in [2.45, 2.75) is 13.8 Å². The van der Waals surface area contributed by atoms with E-state index in [4.69, 9.17) is 11.6 Å². The van der Waals surface area contributed by atoms with Crippen LogP contribution in [0.2, 0.25) is 5.02 Å². The Morgan fingerprint density at radius 1 is 1.22 bits per heavy atom. The summed E-state index contributed by atoms with van der Waals surface area (Å²) in [5.41, 5.74) is 2.07. The van der Waals surface area contributed by atoms with Crippen molar-refractivity contribution in [3.63, 3.8) is 0 Å². The molecular formula is C17H14ClN3O2. The molecule has 0 bridgehead atoms. The number of halogens is 1. The van der Waals surface area contributed by atoms with E-state index >= 15 is 0 Å². The number of H-pyrrole nitrogens is 1. The lowest BCUT2D eigenvalue weighted by molar-refractivity contribution is 0.102. The standard InChI is InChI=1S/C17H14ClN3O2/c1-9-3-6-14(19-7-9)21-17(23)12-8-20-15-10(2)13(18)5-4-11(15)16(12)22/h3-8H,1-2H3,(H,20,22)(H,19,21,23). The van der Waals surface area contributed by atoms with E-state index in [-0.39, 0.29) is 11.0 Å². The molecule has 0 aliphatic carbocycles. The van der Waals surface area contributed by atoms with Gasteiger partial charge in [-0.2, -0.15) is 0 Å². The molecule has 0 aliphatic rings. The fourth-order valence-electron chi connectivity index (χ4n) is 2.31. The van der Waals surface area contributed by atoms with E-state index in [1.54, 1.807) is 24.4 Å². The van der Waals surface area contributed by atoms with Crippen LogP contribution in [0.15, 0.2) is 41.5 Å². The van der Waals surface area contributed by atoms with Gasteiger partial charge in [0, 0.05) is 22.8 Å². The van der Waals surface area contributed by atoms with E-state index in [1.807, 2.05) is 19.9 Å². The normalized spacial score (nSPS) is 10.7. The van der Waals surface area contributed by atoms with Crippen molar-refractivity contribution < 1.29 is 4.79 Å². The van der Waals surface area contributed by atoms with Crippen molar-refractivity contribution in [2.24, 2.45) is 0 Å². The molecule has 2 N–H and O–H groups in total. The first-order valence-electron chi connectivity index (χ1n) is 7.02. The number of carbonyl (C=O) groups is 1. The van der Waals surface area contributed by atoms with Crippen LogP contribution < -0.4 is 10.7 Å². The average molecular weight is 328 g/mol. The third-order valence-electron chi connectivity index (χ3n) is 3.65. The summed E-state index contributed by atoms with van der Waals surface area (Å²) in [5.74, 6) is -0.107. The number of benzene rings is 1. The lowest BCUT2D eigenvalue weighted by Crippen LogP contribution is -2.22. The van der Waals surface area contributed by atoms with Gasteiger partial charge in [-0.25, -0.2) is 4.98 Å². The number of nitrogens with zero attached hydrogens (tertiary/aromatic N) is 1. The Bertz CT molecular complexity index is 962. The molecule has 0 atom stereocenters. The van der Waals surface area contributed by atoms with Gasteiger partial charge in [0.15, 0.2) is 0 Å². The van der Waals surface area contributed by atoms with Gasteiger partial charge in [-0.05, 0) is 43.2 Å². The number of amides is 1. The molecule has 0 saturated carbocycles. The third-order valence-corrected chi connectivity index (χ3v) is 4.06. The summed E-state index contributed by atoms with van der Waals surface area (Å²) < 4.78 is 0. The summed E-state index contributed by atoms with van der Waals surface area (Å²) in [7, 11) is 0. The van der Waals surface area contributed by atoms with Gasteiger partial charge < -0.3 is 10.3 Å². The largest absolute Gasteiger partial charge is 0.360 e. The average Bonchev–Trinajstić information content (AvgIpc) is 2.53. The van der Waals surface area contributed by atoms with Crippen molar-refractivity contribution in [1.82, 2.24) is 9.97 Å². The van der Waals surface area contributed by atoms with E-state index in [2.05, 4.69) is 15.3 Å². The minimum Gasteiger partial charge on any atom is -0.360 e. The van der Waals surface area contributed by atoms with Gasteiger partial charge in [-0.3, -0.25) is 9.59 Å². The molecule has 116 valence electrons. The Kier molecular flexibility index (Phi) is 3.88. The summed E-state index contributed by atoms with van der Waals surface area (Å²) in [4.78, 5) is 31.9. The van der Waals surface area contributed by atoms with Crippen molar-refractivity contribution in [3.05, 3.63) is 68.6 Å². The number of pyridine rings is 2. The summed E-state index contributed by atoms with van der Waals surface area (Å²) in [5, 5.41) is 3.61. The van der Waals surface area contributed by atoms with Gasteiger partial charge in [0.05, 0.1) is 5.52 Å². The Balaban J connectivity index is 2.01. The highest BCUT2D eigenvalue weighted by Gasteiger charge is 2.15. The molecule has 0 unspecified atom stereocenters. The fourth-order valence-corrected chi connectivity index (χ4v) is 2.47. The molecule has 0 saturated heterocycles. The van der Waals surface area contributed by atoms with E-state index in [1.165, 1.54) is 6.20 Å². The van der Waals surface area contributed by atoms with Gasteiger partial charge in [-0.1, -0.05) is 17.7 Å². The first-order chi connectivity index (χ1) is 11.0. The molecule has 1 aromatic carbocycles. The number of aryl methyl sites for hydroxylation is 2. The van der Waals surface area contributed by atoms with Crippen molar-refractivity contribution >= 4 is 34.2 Å². The SMILES string of the molecule is Cc1ccc(NC(=O)c2c[nH]c3c(C)c(Cl)ccc3c2=O)nc1. The Hall–Kier alpha value is -2.66. The second-order valence-corrected chi connectivity index (χ2v) is 5.71. The van der Waals surface area contributed by atoms with Crippen LogP contribution in [0.25, 0.3) is 10.9 Å². The molecule has 0 radical (unpaired) electrons. The van der Waals surface area contributed by atoms with Crippen molar-refractivity contribution in [2.75, 3.05) is 5.32 Å². The van der Waals surface area contributed by atoms with Crippen LogP contribution in [0.3, 0.4) is 0 Å². The third kappa shape index (κ3) is 2.83. The predicted molar refractivity (Wildman–Crippen MR) is 91.2 cm³/mol. The van der Waals surface area contributed by atoms with Crippen LogP contribution in [0, 0.1) is 13.8 Å². The fraction of sp³-hybridized carbons (Fsp3) is 0.118. The maximum absolute atomic E-state index is 12.5. The monoisotopic (exact) mass is 327 g/mol. The van der Waals surface area contributed by atoms with Crippen molar-refractivity contribution in [1.29, 1.82) is 0 Å². The molecule has 2 heterocycles. The number of aromatic nitrogens is 2. The van der Waals surface area contributed by atoms with Gasteiger partial charge >= 0.3 is 0 Å². The summed E-state index contributed by atoms with van der Waals surface area (Å²) in [6.07, 6.45) is 3.04. The molecule has 0 aliphatic heterocycles. The number of hydrogen-bond donors (Lipinski definition) is 2. The minimum atomic E-state index is -0.503. The topological polar surface area (TPSA) is 74.8 Å². The van der Waals surface area contributed by atoms with E-state index in [9.17, 15) is 9.59 Å². The van der Waals surface area contributed by atoms with E-state index in [0.29, 0.717) is 21.7 Å². The molecule has 1 amide bonds. The van der Waals surface area contributed by atoms with E-state index in [0.717, 1.165) is 11.1 Å². The number of fused-ring (bicyclic) bond motifs is 1. The first kappa shape index (κ1) is 15.2. The lowest BCUT2D eigenvalue weighted by atomic mass is 10.1. The van der Waals surface area contributed by atoms with Crippen LogP contribution in [0.1, 0.15) is 21.5 Å². The van der Waals surface area contributed by atoms with Gasteiger partial charge in [-0.15, -0.1) is 0 Å². The number of aromatic amines is 1. The first-order valence-corrected chi connectivity index (χ1v) is 7.39. The Morgan fingerprint density at radius 3 is 2.70 bits per heavy atom. The van der Waals surface area contributed by atoms with Crippen LogP contribution in [-0.4, -0.2) is 15.9 Å². The van der Waals surface area contributed by atoms with Crippen LogP contribution in [0.4, 0.5) is 5.82 Å². The zero-order chi connectivity index (χ0) is 16.6. The van der Waals surface area contributed by atoms with Crippen LogP contribution >= 0.6 is 11.6 Å². The van der Waals surface area contributed by atoms with Gasteiger partial charge in [0.2, 0.25) is 5.43 Å². The maximum Gasteiger partial charge on any atom is 0.262 e. The number of nitrogens with one attached hydrogen (secondary N) is 2. The highest BCUT2D eigenvalue weighted by molar-refractivity contribution is 6.32. The summed E-state index contributed by atoms with van der Waals surface area (Å²) >= 11 is 6.05. The van der Waals surface area contributed by atoms with Gasteiger partial charge in [0.25, 0.3) is 5.91 Å². The zero-order valence-corrected chi connectivity index (χ0v) is 13.4. The number of rotatable bonds is 2. The quantitative estimate of drug-likeness (QED) is 0.757. The second-order valence-electron chi connectivity index (χ2n) is 5.30. The molecule has 6 heteroatoms. The maximum atomic E-state index is 12.5. The van der Waals surface area contributed by atoms with E-state index < -0.39 is 5.91 Å².